The van der Waals surface area contributed by atoms with E-state index in [0.717, 1.165) is 19.3 Å². The molecule has 0 radical (unpaired) electrons. The highest BCUT2D eigenvalue weighted by atomic mass is 16.5. The summed E-state index contributed by atoms with van der Waals surface area (Å²) in [5, 5.41) is 0. The Morgan fingerprint density at radius 2 is 1.87 bits per heavy atom. The normalized spacial score (nSPS) is 10.5. The number of hydrogen-bond acceptors (Lipinski definition) is 2. The van der Waals surface area contributed by atoms with Gasteiger partial charge in [0.1, 0.15) is 0 Å². The highest BCUT2D eigenvalue weighted by Gasteiger charge is 1.99. The Hall–Kier alpha value is -1.05. The molecule has 0 aliphatic heterocycles. The zero-order valence-electron chi connectivity index (χ0n) is 9.71. The first kappa shape index (κ1) is 13.9. The van der Waals surface area contributed by atoms with Crippen LogP contribution in [-0.4, -0.2) is 5.97 Å². The second kappa shape index (κ2) is 11.0. The minimum Gasteiger partial charge on any atom is -0.435 e. The molecule has 0 aromatic heterocycles. The number of esters is 1. The molecule has 0 fully saturated rings. The molecule has 0 spiro atoms. The van der Waals surface area contributed by atoms with Gasteiger partial charge in [0.05, 0.1) is 6.26 Å². The Morgan fingerprint density at radius 3 is 2.53 bits per heavy atom. The molecule has 0 atom stereocenters. The largest absolute Gasteiger partial charge is 0.435 e. The smallest absolute Gasteiger partial charge is 0.310 e. The Morgan fingerprint density at radius 1 is 1.20 bits per heavy atom. The summed E-state index contributed by atoms with van der Waals surface area (Å²) in [5.74, 6) is -0.126. The molecule has 0 aromatic carbocycles. The molecule has 0 N–H and O–H groups in total. The van der Waals surface area contributed by atoms with Gasteiger partial charge in [0.15, 0.2) is 0 Å². The molecule has 0 aromatic rings. The molecule has 86 valence electrons. The Balaban J connectivity index is 3.16. The summed E-state index contributed by atoms with van der Waals surface area (Å²) < 4.78 is 4.80. The van der Waals surface area contributed by atoms with E-state index in [2.05, 4.69) is 6.58 Å². The van der Waals surface area contributed by atoms with E-state index in [9.17, 15) is 4.79 Å². The fourth-order valence-electron chi connectivity index (χ4n) is 1.29. The van der Waals surface area contributed by atoms with Crippen molar-refractivity contribution in [2.45, 2.75) is 51.9 Å². The Kier molecular flexibility index (Phi) is 10.3. The number of ether oxygens (including phenoxy) is 1. The second-order valence-corrected chi connectivity index (χ2v) is 3.55. The van der Waals surface area contributed by atoms with Crippen molar-refractivity contribution in [2.75, 3.05) is 0 Å². The van der Waals surface area contributed by atoms with Gasteiger partial charge in [-0.25, -0.2) is 0 Å². The third-order valence-corrected chi connectivity index (χ3v) is 2.12. The van der Waals surface area contributed by atoms with E-state index in [0.29, 0.717) is 6.42 Å². The van der Waals surface area contributed by atoms with Crippen molar-refractivity contribution in [1.29, 1.82) is 0 Å². The van der Waals surface area contributed by atoms with E-state index in [1.807, 2.05) is 13.0 Å². The van der Waals surface area contributed by atoms with Crippen LogP contribution in [0.25, 0.3) is 0 Å². The standard InChI is InChI=1S/C13H22O2/c1-3-5-6-7-8-9-10-11-13(14)15-12-4-2/h3-4,12H,1,5-11H2,2H3/b12-4+. The van der Waals surface area contributed by atoms with Gasteiger partial charge < -0.3 is 4.74 Å². The summed E-state index contributed by atoms with van der Waals surface area (Å²) in [7, 11) is 0. The first-order valence-electron chi connectivity index (χ1n) is 5.72. The monoisotopic (exact) mass is 210 g/mol. The van der Waals surface area contributed by atoms with Gasteiger partial charge in [-0.3, -0.25) is 4.79 Å². The number of hydrogen-bond donors (Lipinski definition) is 0. The molecule has 15 heavy (non-hydrogen) atoms. The fraction of sp³-hybridized carbons (Fsp3) is 0.615. The molecule has 0 rings (SSSR count). The van der Waals surface area contributed by atoms with Crippen molar-refractivity contribution in [3.63, 3.8) is 0 Å². The Labute approximate surface area is 93.0 Å². The van der Waals surface area contributed by atoms with Crippen molar-refractivity contribution >= 4 is 5.97 Å². The number of unbranched alkanes of at least 4 members (excludes halogenated alkanes) is 5. The average molecular weight is 210 g/mol. The third kappa shape index (κ3) is 10.9. The second-order valence-electron chi connectivity index (χ2n) is 3.55. The quantitative estimate of drug-likeness (QED) is 0.249. The lowest BCUT2D eigenvalue weighted by Gasteiger charge is -2.00. The maximum absolute atomic E-state index is 11.1. The zero-order chi connectivity index (χ0) is 11.4. The van der Waals surface area contributed by atoms with Crippen LogP contribution in [0.1, 0.15) is 51.9 Å². The van der Waals surface area contributed by atoms with Crippen LogP contribution >= 0.6 is 0 Å². The van der Waals surface area contributed by atoms with Crippen LogP contribution in [0.5, 0.6) is 0 Å². The first-order valence-corrected chi connectivity index (χ1v) is 5.72. The van der Waals surface area contributed by atoms with Crippen LogP contribution in [0.15, 0.2) is 25.0 Å². The molecule has 2 heteroatoms. The molecule has 0 aliphatic rings. The molecule has 2 nitrogen and oxygen atoms in total. The van der Waals surface area contributed by atoms with Gasteiger partial charge in [-0.2, -0.15) is 0 Å². The van der Waals surface area contributed by atoms with Crippen LogP contribution in [0.3, 0.4) is 0 Å². The molecule has 0 amide bonds. The topological polar surface area (TPSA) is 26.3 Å². The molecular weight excluding hydrogens is 188 g/mol. The predicted octanol–water partition coefficient (Wildman–Crippen LogP) is 3.98. The molecule has 0 heterocycles. The molecular formula is C13H22O2. The highest BCUT2D eigenvalue weighted by Crippen LogP contribution is 2.07. The van der Waals surface area contributed by atoms with Gasteiger partial charge in [0, 0.05) is 6.42 Å². The maximum atomic E-state index is 11.1. The molecule has 0 bridgehead atoms. The lowest BCUT2D eigenvalue weighted by Crippen LogP contribution is -1.98. The van der Waals surface area contributed by atoms with Gasteiger partial charge in [-0.1, -0.05) is 31.4 Å². The minimum absolute atomic E-state index is 0.126. The Bertz CT molecular complexity index is 195. The van der Waals surface area contributed by atoms with E-state index in [1.165, 1.54) is 25.5 Å². The highest BCUT2D eigenvalue weighted by molar-refractivity contribution is 5.69. The van der Waals surface area contributed by atoms with Gasteiger partial charge in [0.2, 0.25) is 0 Å². The van der Waals surface area contributed by atoms with Gasteiger partial charge in [0.25, 0.3) is 0 Å². The number of carbonyl (C=O) groups excluding carboxylic acids is 1. The van der Waals surface area contributed by atoms with Crippen LogP contribution in [0, 0.1) is 0 Å². The summed E-state index contributed by atoms with van der Waals surface area (Å²) in [6, 6.07) is 0. The van der Waals surface area contributed by atoms with Gasteiger partial charge in [-0.05, 0) is 26.2 Å². The van der Waals surface area contributed by atoms with Gasteiger partial charge >= 0.3 is 5.97 Å². The first-order chi connectivity index (χ1) is 7.31. The van der Waals surface area contributed by atoms with Crippen molar-refractivity contribution in [3.8, 4) is 0 Å². The zero-order valence-corrected chi connectivity index (χ0v) is 9.71. The van der Waals surface area contributed by atoms with E-state index in [4.69, 9.17) is 4.74 Å². The molecule has 0 aliphatic carbocycles. The summed E-state index contributed by atoms with van der Waals surface area (Å²) in [6.07, 6.45) is 12.4. The van der Waals surface area contributed by atoms with Crippen LogP contribution in [0.2, 0.25) is 0 Å². The van der Waals surface area contributed by atoms with E-state index in [1.54, 1.807) is 6.08 Å². The number of allylic oxidation sites excluding steroid dienone is 2. The molecule has 0 saturated heterocycles. The average Bonchev–Trinajstić information content (AvgIpc) is 2.25. The van der Waals surface area contributed by atoms with Crippen LogP contribution in [0.4, 0.5) is 0 Å². The summed E-state index contributed by atoms with van der Waals surface area (Å²) in [6.45, 7) is 5.51. The third-order valence-electron chi connectivity index (χ3n) is 2.12. The van der Waals surface area contributed by atoms with Crippen molar-refractivity contribution in [3.05, 3.63) is 25.0 Å². The number of carbonyl (C=O) groups is 1. The number of rotatable bonds is 9. The van der Waals surface area contributed by atoms with Gasteiger partial charge in [-0.15, -0.1) is 6.58 Å². The van der Waals surface area contributed by atoms with Crippen molar-refractivity contribution in [1.82, 2.24) is 0 Å². The van der Waals surface area contributed by atoms with Crippen molar-refractivity contribution < 1.29 is 9.53 Å². The summed E-state index contributed by atoms with van der Waals surface area (Å²) in [4.78, 5) is 11.1. The van der Waals surface area contributed by atoms with E-state index < -0.39 is 0 Å². The predicted molar refractivity (Wildman–Crippen MR) is 63.4 cm³/mol. The van der Waals surface area contributed by atoms with E-state index in [-0.39, 0.29) is 5.97 Å². The van der Waals surface area contributed by atoms with E-state index >= 15 is 0 Å². The molecule has 0 saturated carbocycles. The van der Waals surface area contributed by atoms with Crippen LogP contribution < -0.4 is 0 Å². The van der Waals surface area contributed by atoms with Crippen molar-refractivity contribution in [2.24, 2.45) is 0 Å². The molecule has 0 unspecified atom stereocenters. The maximum Gasteiger partial charge on any atom is 0.310 e. The van der Waals surface area contributed by atoms with Crippen LogP contribution in [-0.2, 0) is 9.53 Å². The lowest BCUT2D eigenvalue weighted by molar-refractivity contribution is -0.138. The summed E-state index contributed by atoms with van der Waals surface area (Å²) in [5.41, 5.74) is 0. The SMILES string of the molecule is C=CCCCCCCCC(=O)O/C=C/C. The lowest BCUT2D eigenvalue weighted by atomic mass is 10.1. The fourth-order valence-corrected chi connectivity index (χ4v) is 1.29. The minimum atomic E-state index is -0.126. The summed E-state index contributed by atoms with van der Waals surface area (Å²) >= 11 is 0.